The highest BCUT2D eigenvalue weighted by Gasteiger charge is 2.43. The second-order valence-electron chi connectivity index (χ2n) is 6.81. The minimum Gasteiger partial charge on any atom is -0.300 e. The lowest BCUT2D eigenvalue weighted by Gasteiger charge is -2.25. The number of rotatable bonds is 7. The van der Waals surface area contributed by atoms with Crippen molar-refractivity contribution in [3.05, 3.63) is 57.2 Å². The van der Waals surface area contributed by atoms with E-state index < -0.39 is 5.41 Å². The number of Topliss-reactive ketones (excluding diaryl/α,β-unsaturated/α-hetero) is 1. The fraction of sp³-hybridized carbons (Fsp3) is 0.300. The molecule has 2 aromatic heterocycles. The van der Waals surface area contributed by atoms with Crippen molar-refractivity contribution in [2.45, 2.75) is 35.4 Å². The molecule has 0 spiro atoms. The Morgan fingerprint density at radius 1 is 1.14 bits per heavy atom. The molecule has 2 heterocycles. The number of thiophene rings is 1. The number of benzene rings is 1. The topological polar surface area (TPSA) is 72.0 Å². The molecule has 9 heteroatoms. The van der Waals surface area contributed by atoms with Gasteiger partial charge in [-0.1, -0.05) is 53.6 Å². The van der Waals surface area contributed by atoms with E-state index in [0.29, 0.717) is 20.1 Å². The Hall–Kier alpha value is -1.74. The predicted octanol–water partition coefficient (Wildman–Crippen LogP) is 5.68. The second-order valence-corrected chi connectivity index (χ2v) is 10.4. The van der Waals surface area contributed by atoms with Gasteiger partial charge in [0.1, 0.15) is 0 Å². The summed E-state index contributed by atoms with van der Waals surface area (Å²) in [6.45, 7) is 0. The first-order valence-electron chi connectivity index (χ1n) is 9.17. The van der Waals surface area contributed by atoms with Crippen LogP contribution in [0.2, 0.25) is 5.02 Å². The molecule has 1 aliphatic carbocycles. The number of hydrogen-bond donors (Lipinski definition) is 1. The number of amides is 1. The molecule has 1 N–H and O–H groups in total. The Labute approximate surface area is 185 Å². The van der Waals surface area contributed by atoms with E-state index in [0.717, 1.165) is 30.6 Å². The number of carbonyl (C=O) groups excluding carboxylic acids is 2. The average molecular weight is 464 g/mol. The van der Waals surface area contributed by atoms with E-state index >= 15 is 0 Å². The van der Waals surface area contributed by atoms with Crippen LogP contribution >= 0.6 is 46.0 Å². The molecule has 0 saturated heterocycles. The molecule has 0 radical (unpaired) electrons. The van der Waals surface area contributed by atoms with E-state index in [2.05, 4.69) is 15.5 Å². The van der Waals surface area contributed by atoms with Crippen LogP contribution < -0.4 is 5.32 Å². The molecule has 0 bridgehead atoms. The van der Waals surface area contributed by atoms with Gasteiger partial charge in [0.2, 0.25) is 11.0 Å². The fourth-order valence-corrected chi connectivity index (χ4v) is 6.25. The van der Waals surface area contributed by atoms with Crippen LogP contribution in [-0.2, 0) is 10.2 Å². The van der Waals surface area contributed by atoms with Gasteiger partial charge in [0.25, 0.3) is 0 Å². The number of halogens is 1. The number of nitrogens with zero attached hydrogens (tertiary/aromatic N) is 2. The monoisotopic (exact) mass is 463 g/mol. The van der Waals surface area contributed by atoms with E-state index in [1.165, 1.54) is 23.1 Å². The van der Waals surface area contributed by atoms with E-state index in [-0.39, 0.29) is 17.4 Å². The molecule has 5 nitrogen and oxygen atoms in total. The predicted molar refractivity (Wildman–Crippen MR) is 120 cm³/mol. The van der Waals surface area contributed by atoms with Crippen LogP contribution in [0.25, 0.3) is 0 Å². The van der Waals surface area contributed by atoms with Crippen LogP contribution in [0.4, 0.5) is 5.13 Å². The fourth-order valence-electron chi connectivity index (χ4n) is 3.50. The van der Waals surface area contributed by atoms with Gasteiger partial charge in [0.15, 0.2) is 10.1 Å². The normalized spacial score (nSPS) is 15.3. The van der Waals surface area contributed by atoms with E-state index in [1.807, 2.05) is 17.5 Å². The van der Waals surface area contributed by atoms with Crippen molar-refractivity contribution in [1.82, 2.24) is 10.2 Å². The minimum absolute atomic E-state index is 0.00458. The number of anilines is 1. The second kappa shape index (κ2) is 8.95. The minimum atomic E-state index is -0.461. The number of hydrogen-bond acceptors (Lipinski definition) is 7. The summed E-state index contributed by atoms with van der Waals surface area (Å²) in [7, 11) is 0. The van der Waals surface area contributed by atoms with Crippen molar-refractivity contribution < 1.29 is 9.59 Å². The third kappa shape index (κ3) is 4.55. The molecule has 1 aromatic carbocycles. The van der Waals surface area contributed by atoms with Gasteiger partial charge >= 0.3 is 0 Å². The van der Waals surface area contributed by atoms with Crippen LogP contribution in [0.15, 0.2) is 46.1 Å². The lowest BCUT2D eigenvalue weighted by atomic mass is 9.83. The van der Waals surface area contributed by atoms with Crippen LogP contribution in [0, 0.1) is 0 Å². The summed E-state index contributed by atoms with van der Waals surface area (Å²) in [6, 6.07) is 10.9. The molecule has 1 amide bonds. The number of carbonyl (C=O) groups is 2. The number of aromatic nitrogens is 2. The molecule has 0 unspecified atom stereocenters. The Morgan fingerprint density at radius 3 is 2.59 bits per heavy atom. The molecule has 150 valence electrons. The van der Waals surface area contributed by atoms with Gasteiger partial charge in [-0.25, -0.2) is 0 Å². The summed E-state index contributed by atoms with van der Waals surface area (Å²) in [4.78, 5) is 26.5. The zero-order chi connectivity index (χ0) is 20.3. The number of nitrogens with one attached hydrogen (secondary N) is 1. The van der Waals surface area contributed by atoms with Gasteiger partial charge in [-0.05, 0) is 48.6 Å². The highest BCUT2D eigenvalue weighted by molar-refractivity contribution is 8.01. The Morgan fingerprint density at radius 2 is 1.90 bits per heavy atom. The summed E-state index contributed by atoms with van der Waals surface area (Å²) >= 11 is 10.1. The van der Waals surface area contributed by atoms with Gasteiger partial charge in [-0.3, -0.25) is 14.9 Å². The van der Waals surface area contributed by atoms with Crippen molar-refractivity contribution in [2.24, 2.45) is 0 Å². The van der Waals surface area contributed by atoms with Gasteiger partial charge in [-0.15, -0.1) is 21.5 Å². The molecule has 3 aromatic rings. The Balaban J connectivity index is 1.38. The number of thioether (sulfide) groups is 1. The lowest BCUT2D eigenvalue weighted by molar-refractivity contribution is -0.121. The molecule has 1 aliphatic rings. The quantitative estimate of drug-likeness (QED) is 0.277. The van der Waals surface area contributed by atoms with Crippen molar-refractivity contribution in [3.8, 4) is 0 Å². The molecular weight excluding hydrogens is 446 g/mol. The van der Waals surface area contributed by atoms with Crippen LogP contribution in [-0.4, -0.2) is 27.6 Å². The van der Waals surface area contributed by atoms with Crippen LogP contribution in [0.3, 0.4) is 0 Å². The highest BCUT2D eigenvalue weighted by atomic mass is 35.5. The smallest absolute Gasteiger partial charge is 0.237 e. The molecule has 0 aliphatic heterocycles. The van der Waals surface area contributed by atoms with Crippen molar-refractivity contribution in [1.29, 1.82) is 0 Å². The SMILES string of the molecule is O=C(CSc1nnc(NC(=O)C2(c3cccs3)CCCC2)s1)c1ccc(Cl)cc1. The van der Waals surface area contributed by atoms with Crippen LogP contribution in [0.1, 0.15) is 40.9 Å². The van der Waals surface area contributed by atoms with Crippen LogP contribution in [0.5, 0.6) is 0 Å². The summed E-state index contributed by atoms with van der Waals surface area (Å²) in [5, 5.41) is 14.2. The zero-order valence-electron chi connectivity index (χ0n) is 15.4. The molecule has 1 saturated carbocycles. The maximum absolute atomic E-state index is 13.1. The Kier molecular flexibility index (Phi) is 6.34. The summed E-state index contributed by atoms with van der Waals surface area (Å²) < 4.78 is 0.652. The number of ketones is 1. The molecule has 4 rings (SSSR count). The highest BCUT2D eigenvalue weighted by Crippen LogP contribution is 2.44. The van der Waals surface area contributed by atoms with Gasteiger partial charge in [0, 0.05) is 15.5 Å². The largest absolute Gasteiger partial charge is 0.300 e. The molecule has 0 atom stereocenters. The first-order chi connectivity index (χ1) is 14.1. The Bertz CT molecular complexity index is 996. The molecular formula is C20H18ClN3O2S3. The van der Waals surface area contributed by atoms with E-state index in [9.17, 15) is 9.59 Å². The van der Waals surface area contributed by atoms with Crippen molar-refractivity contribution in [2.75, 3.05) is 11.1 Å². The summed E-state index contributed by atoms with van der Waals surface area (Å²) in [5.74, 6) is 0.237. The lowest BCUT2D eigenvalue weighted by Crippen LogP contribution is -2.37. The third-order valence-corrected chi connectivity index (χ3v) is 8.30. The first-order valence-corrected chi connectivity index (χ1v) is 12.2. The van der Waals surface area contributed by atoms with E-state index in [1.54, 1.807) is 35.6 Å². The van der Waals surface area contributed by atoms with Gasteiger partial charge in [-0.2, -0.15) is 0 Å². The molecule has 29 heavy (non-hydrogen) atoms. The van der Waals surface area contributed by atoms with Gasteiger partial charge < -0.3 is 0 Å². The maximum Gasteiger partial charge on any atom is 0.237 e. The van der Waals surface area contributed by atoms with Gasteiger partial charge in [0.05, 0.1) is 11.2 Å². The maximum atomic E-state index is 13.1. The van der Waals surface area contributed by atoms with Crippen molar-refractivity contribution >= 4 is 62.9 Å². The first kappa shape index (κ1) is 20.5. The molecule has 1 fully saturated rings. The zero-order valence-corrected chi connectivity index (χ0v) is 18.6. The third-order valence-electron chi connectivity index (χ3n) is 5.00. The standard InChI is InChI=1S/C20H18ClN3O2S3/c21-14-7-5-13(6-8-14)15(25)12-28-19-24-23-18(29-19)22-17(26)20(9-1-2-10-20)16-4-3-11-27-16/h3-8,11H,1-2,9-10,12H2,(H,22,23,26). The summed E-state index contributed by atoms with van der Waals surface area (Å²) in [5.41, 5.74) is 0.150. The van der Waals surface area contributed by atoms with Crippen molar-refractivity contribution in [3.63, 3.8) is 0 Å². The average Bonchev–Trinajstić information content (AvgIpc) is 3.47. The van der Waals surface area contributed by atoms with E-state index in [4.69, 9.17) is 11.6 Å². The summed E-state index contributed by atoms with van der Waals surface area (Å²) in [6.07, 6.45) is 3.81.